The maximum Gasteiger partial charge on any atom is 0.230 e. The van der Waals surface area contributed by atoms with Gasteiger partial charge in [0.05, 0.1) is 18.9 Å². The lowest BCUT2D eigenvalue weighted by atomic mass is 10.1. The highest BCUT2D eigenvalue weighted by Gasteiger charge is 2.12. The Labute approximate surface area is 133 Å². The Hall–Kier alpha value is -2.08. The second-order valence-electron chi connectivity index (χ2n) is 4.65. The van der Waals surface area contributed by atoms with Gasteiger partial charge in [0, 0.05) is 17.3 Å². The zero-order valence-electron chi connectivity index (χ0n) is 12.4. The lowest BCUT2D eigenvalue weighted by Crippen LogP contribution is -2.28. The van der Waals surface area contributed by atoms with Gasteiger partial charge in [0.2, 0.25) is 5.91 Å². The first-order valence-electron chi connectivity index (χ1n) is 6.75. The largest absolute Gasteiger partial charge is 0.494 e. The van der Waals surface area contributed by atoms with Gasteiger partial charge in [0.1, 0.15) is 0 Å². The topological polar surface area (TPSA) is 51.2 Å². The summed E-state index contributed by atoms with van der Waals surface area (Å²) in [4.78, 5) is 16.8. The van der Waals surface area contributed by atoms with Crippen LogP contribution in [-0.4, -0.2) is 23.8 Å². The van der Waals surface area contributed by atoms with Crippen LogP contribution in [0.25, 0.3) is 0 Å². The van der Waals surface area contributed by atoms with Crippen LogP contribution in [-0.2, 0) is 4.79 Å². The number of nitrogens with zero attached hydrogens (tertiary/aromatic N) is 1. The number of hydrogen-bond acceptors (Lipinski definition) is 4. The van der Waals surface area contributed by atoms with Crippen LogP contribution in [0.15, 0.2) is 47.6 Å². The third kappa shape index (κ3) is 4.46. The average molecular weight is 320 g/mol. The van der Waals surface area contributed by atoms with E-state index in [9.17, 15) is 9.18 Å². The summed E-state index contributed by atoms with van der Waals surface area (Å²) in [5, 5.41) is 2.85. The van der Waals surface area contributed by atoms with Crippen LogP contribution in [0.1, 0.15) is 18.5 Å². The van der Waals surface area contributed by atoms with E-state index in [-0.39, 0.29) is 17.7 Å². The number of methoxy groups -OCH3 is 1. The molecule has 4 nitrogen and oxygen atoms in total. The van der Waals surface area contributed by atoms with Crippen molar-refractivity contribution in [3.05, 3.63) is 54.1 Å². The minimum atomic E-state index is -0.438. The number of ether oxygens (including phenoxy) is 1. The maximum atomic E-state index is 13.7. The van der Waals surface area contributed by atoms with Crippen LogP contribution in [0.2, 0.25) is 0 Å². The third-order valence-corrected chi connectivity index (χ3v) is 4.09. The smallest absolute Gasteiger partial charge is 0.230 e. The van der Waals surface area contributed by atoms with E-state index in [0.717, 1.165) is 4.90 Å². The molecule has 1 aromatic carbocycles. The van der Waals surface area contributed by atoms with E-state index in [2.05, 4.69) is 10.3 Å². The number of carbonyl (C=O) groups excluding carboxylic acids is 1. The molecule has 0 saturated heterocycles. The quantitative estimate of drug-likeness (QED) is 0.831. The summed E-state index contributed by atoms with van der Waals surface area (Å²) in [5.74, 6) is -0.0548. The number of benzene rings is 1. The molecule has 0 aliphatic rings. The highest BCUT2D eigenvalue weighted by atomic mass is 32.2. The summed E-state index contributed by atoms with van der Waals surface area (Å²) in [5.41, 5.74) is 0.695. The Morgan fingerprint density at radius 3 is 2.73 bits per heavy atom. The molecule has 1 aromatic heterocycles. The molecular formula is C16H17FN2O2S. The van der Waals surface area contributed by atoms with Crippen molar-refractivity contribution >= 4 is 17.7 Å². The van der Waals surface area contributed by atoms with E-state index >= 15 is 0 Å². The number of nitrogens with one attached hydrogen (secondary N) is 1. The SMILES string of the molecule is COc1ccc([C@@H](C)NC(=O)CSc2ccncc2)cc1F. The number of halogens is 1. The first-order valence-corrected chi connectivity index (χ1v) is 7.74. The van der Waals surface area contributed by atoms with Crippen LogP contribution in [0, 0.1) is 5.82 Å². The molecule has 0 aliphatic carbocycles. The molecule has 1 N–H and O–H groups in total. The molecule has 6 heteroatoms. The normalized spacial score (nSPS) is 11.8. The Balaban J connectivity index is 1.89. The summed E-state index contributed by atoms with van der Waals surface area (Å²) in [6, 6.07) is 8.09. The third-order valence-electron chi connectivity index (χ3n) is 3.07. The Kier molecular flexibility index (Phi) is 5.77. The molecule has 0 saturated carbocycles. The molecule has 0 radical (unpaired) electrons. The molecule has 1 atom stereocenters. The van der Waals surface area contributed by atoms with E-state index in [0.29, 0.717) is 11.3 Å². The van der Waals surface area contributed by atoms with Crippen LogP contribution in [0.4, 0.5) is 4.39 Å². The van der Waals surface area contributed by atoms with Gasteiger partial charge in [-0.25, -0.2) is 4.39 Å². The van der Waals surface area contributed by atoms with Crippen LogP contribution < -0.4 is 10.1 Å². The zero-order chi connectivity index (χ0) is 15.9. The number of rotatable bonds is 6. The highest BCUT2D eigenvalue weighted by molar-refractivity contribution is 8.00. The minimum Gasteiger partial charge on any atom is -0.494 e. The standard InChI is InChI=1S/C16H17FN2O2S/c1-11(12-3-4-15(21-2)14(17)9-12)19-16(20)10-22-13-5-7-18-8-6-13/h3-9,11H,10H2,1-2H3,(H,19,20)/t11-/m1/s1. The molecule has 2 rings (SSSR count). The number of thioether (sulfide) groups is 1. The molecule has 116 valence electrons. The van der Waals surface area contributed by atoms with Gasteiger partial charge >= 0.3 is 0 Å². The van der Waals surface area contributed by atoms with Gasteiger partial charge in [0.25, 0.3) is 0 Å². The maximum absolute atomic E-state index is 13.7. The van der Waals surface area contributed by atoms with Gasteiger partial charge in [-0.05, 0) is 36.8 Å². The predicted molar refractivity (Wildman–Crippen MR) is 84.5 cm³/mol. The van der Waals surface area contributed by atoms with Crippen molar-refractivity contribution in [1.29, 1.82) is 0 Å². The summed E-state index contributed by atoms with van der Waals surface area (Å²) in [6.45, 7) is 1.82. The Morgan fingerprint density at radius 2 is 2.09 bits per heavy atom. The number of pyridine rings is 1. The summed E-state index contributed by atoms with van der Waals surface area (Å²) in [6.07, 6.45) is 3.37. The highest BCUT2D eigenvalue weighted by Crippen LogP contribution is 2.22. The molecule has 0 spiro atoms. The summed E-state index contributed by atoms with van der Waals surface area (Å²) in [7, 11) is 1.42. The van der Waals surface area contributed by atoms with Crippen LogP contribution in [0.5, 0.6) is 5.75 Å². The second-order valence-corrected chi connectivity index (χ2v) is 5.70. The lowest BCUT2D eigenvalue weighted by Gasteiger charge is -2.15. The first-order chi connectivity index (χ1) is 10.6. The van der Waals surface area contributed by atoms with Crippen molar-refractivity contribution in [3.8, 4) is 5.75 Å². The number of amides is 1. The fourth-order valence-corrected chi connectivity index (χ4v) is 2.60. The number of aromatic nitrogens is 1. The summed E-state index contributed by atoms with van der Waals surface area (Å²) >= 11 is 1.43. The van der Waals surface area contributed by atoms with E-state index < -0.39 is 5.82 Å². The zero-order valence-corrected chi connectivity index (χ0v) is 13.2. The van der Waals surface area contributed by atoms with Crippen molar-refractivity contribution in [3.63, 3.8) is 0 Å². The predicted octanol–water partition coefficient (Wildman–Crippen LogP) is 3.20. The minimum absolute atomic E-state index is 0.106. The van der Waals surface area contributed by atoms with Gasteiger partial charge in [-0.3, -0.25) is 9.78 Å². The number of hydrogen-bond donors (Lipinski definition) is 1. The van der Waals surface area contributed by atoms with E-state index in [1.54, 1.807) is 24.5 Å². The molecule has 0 bridgehead atoms. The van der Waals surface area contributed by atoms with Gasteiger partial charge in [-0.15, -0.1) is 11.8 Å². The second kappa shape index (κ2) is 7.79. The van der Waals surface area contributed by atoms with Crippen molar-refractivity contribution < 1.29 is 13.9 Å². The number of carbonyl (C=O) groups is 1. The van der Waals surface area contributed by atoms with Gasteiger partial charge in [0.15, 0.2) is 11.6 Å². The monoisotopic (exact) mass is 320 g/mol. The van der Waals surface area contributed by atoms with Crippen molar-refractivity contribution in [2.45, 2.75) is 17.9 Å². The van der Waals surface area contributed by atoms with Crippen molar-refractivity contribution in [2.75, 3.05) is 12.9 Å². The molecule has 0 aliphatic heterocycles. The fraction of sp³-hybridized carbons (Fsp3) is 0.250. The van der Waals surface area contributed by atoms with E-state index in [1.807, 2.05) is 19.1 Å². The van der Waals surface area contributed by atoms with Crippen molar-refractivity contribution in [2.24, 2.45) is 0 Å². The molecule has 2 aromatic rings. The van der Waals surface area contributed by atoms with Gasteiger partial charge < -0.3 is 10.1 Å². The molecule has 0 fully saturated rings. The molecular weight excluding hydrogens is 303 g/mol. The summed E-state index contributed by atoms with van der Waals surface area (Å²) < 4.78 is 18.5. The average Bonchev–Trinajstić information content (AvgIpc) is 2.53. The van der Waals surface area contributed by atoms with Gasteiger partial charge in [-0.2, -0.15) is 0 Å². The first kappa shape index (κ1) is 16.3. The molecule has 22 heavy (non-hydrogen) atoms. The molecule has 0 unspecified atom stereocenters. The van der Waals surface area contributed by atoms with E-state index in [4.69, 9.17) is 4.74 Å². The van der Waals surface area contributed by atoms with Crippen LogP contribution in [0.3, 0.4) is 0 Å². The Bertz CT molecular complexity index is 637. The van der Waals surface area contributed by atoms with Crippen LogP contribution >= 0.6 is 11.8 Å². The fourth-order valence-electron chi connectivity index (χ4n) is 1.90. The molecule has 1 amide bonds. The lowest BCUT2D eigenvalue weighted by molar-refractivity contribution is -0.119. The van der Waals surface area contributed by atoms with Gasteiger partial charge in [-0.1, -0.05) is 6.07 Å². The Morgan fingerprint density at radius 1 is 1.36 bits per heavy atom. The van der Waals surface area contributed by atoms with E-state index in [1.165, 1.54) is 24.9 Å². The van der Waals surface area contributed by atoms with Crippen molar-refractivity contribution in [1.82, 2.24) is 10.3 Å². The molecule has 1 heterocycles.